The average Bonchev–Trinajstić information content (AvgIpc) is 2.78. The third-order valence-corrected chi connectivity index (χ3v) is 2.55. The summed E-state index contributed by atoms with van der Waals surface area (Å²) in [6.07, 6.45) is 3.51. The maximum atomic E-state index is 13.8. The van der Waals surface area contributed by atoms with E-state index in [9.17, 15) is 9.18 Å². The van der Waals surface area contributed by atoms with Crippen LogP contribution in [0.15, 0.2) is 29.3 Å². The first-order valence-corrected chi connectivity index (χ1v) is 5.77. The number of ether oxygens (including phenoxy) is 1. The van der Waals surface area contributed by atoms with E-state index in [1.54, 1.807) is 0 Å². The zero-order valence-electron chi connectivity index (χ0n) is 11.0. The molecule has 0 saturated heterocycles. The maximum Gasteiger partial charge on any atom is 0.368 e. The SMILES string of the molecule is Cn1nnn(-c2ccnc(F)c2COC(=N)/C=C\N)c1=O. The molecule has 0 aliphatic rings. The van der Waals surface area contributed by atoms with E-state index < -0.39 is 11.6 Å². The van der Waals surface area contributed by atoms with Crippen LogP contribution >= 0.6 is 0 Å². The van der Waals surface area contributed by atoms with Crippen LogP contribution in [0.4, 0.5) is 4.39 Å². The number of nitrogens with one attached hydrogen (secondary N) is 1. The summed E-state index contributed by atoms with van der Waals surface area (Å²) >= 11 is 0. The summed E-state index contributed by atoms with van der Waals surface area (Å²) in [6, 6.07) is 1.40. The molecule has 0 radical (unpaired) electrons. The van der Waals surface area contributed by atoms with Gasteiger partial charge in [0.2, 0.25) is 11.8 Å². The van der Waals surface area contributed by atoms with Gasteiger partial charge in [-0.05, 0) is 22.7 Å². The molecule has 2 aromatic rings. The zero-order valence-corrected chi connectivity index (χ0v) is 11.0. The molecular formula is C11H12FN7O2. The fraction of sp³-hybridized carbons (Fsp3) is 0.182. The highest BCUT2D eigenvalue weighted by Crippen LogP contribution is 2.15. The van der Waals surface area contributed by atoms with Crippen molar-refractivity contribution in [1.82, 2.24) is 24.8 Å². The Kier molecular flexibility index (Phi) is 4.07. The van der Waals surface area contributed by atoms with Crippen LogP contribution in [0.1, 0.15) is 5.56 Å². The molecule has 0 spiro atoms. The highest BCUT2D eigenvalue weighted by Gasteiger charge is 2.16. The molecule has 0 bridgehead atoms. The molecule has 2 aromatic heterocycles. The summed E-state index contributed by atoms with van der Waals surface area (Å²) in [5, 5.41) is 14.6. The molecule has 0 aromatic carbocycles. The quantitative estimate of drug-likeness (QED) is 0.443. The standard InChI is InChI=1S/C11H12FN7O2/c1-18-11(20)19(17-16-18)8-3-5-15-10(12)7(8)6-21-9(14)2-4-13/h2-5,14H,6,13H2,1H3/b4-2-,14-9?. The summed E-state index contributed by atoms with van der Waals surface area (Å²) < 4.78 is 20.8. The number of nitrogens with zero attached hydrogens (tertiary/aromatic N) is 5. The molecule has 2 heterocycles. The molecule has 3 N–H and O–H groups in total. The zero-order chi connectivity index (χ0) is 15.4. The molecule has 9 nitrogen and oxygen atoms in total. The van der Waals surface area contributed by atoms with Crippen molar-refractivity contribution in [3.63, 3.8) is 0 Å². The minimum absolute atomic E-state index is 0.0183. The predicted octanol–water partition coefficient (Wildman–Crippen LogP) is -0.534. The first kappa shape index (κ1) is 14.4. The van der Waals surface area contributed by atoms with E-state index >= 15 is 0 Å². The van der Waals surface area contributed by atoms with Gasteiger partial charge in [0.15, 0.2) is 0 Å². The molecule has 0 aliphatic carbocycles. The minimum atomic E-state index is -0.824. The highest BCUT2D eigenvalue weighted by atomic mass is 19.1. The van der Waals surface area contributed by atoms with Crippen LogP contribution in [-0.2, 0) is 18.4 Å². The van der Waals surface area contributed by atoms with E-state index in [0.29, 0.717) is 0 Å². The van der Waals surface area contributed by atoms with Gasteiger partial charge in [-0.1, -0.05) is 0 Å². The van der Waals surface area contributed by atoms with E-state index in [1.807, 2.05) is 0 Å². The predicted molar refractivity (Wildman–Crippen MR) is 70.2 cm³/mol. The van der Waals surface area contributed by atoms with Crippen LogP contribution in [0.3, 0.4) is 0 Å². The average molecular weight is 293 g/mol. The van der Waals surface area contributed by atoms with Crippen molar-refractivity contribution >= 4 is 5.90 Å². The first-order valence-electron chi connectivity index (χ1n) is 5.77. The lowest BCUT2D eigenvalue weighted by atomic mass is 10.2. The Hall–Kier alpha value is -3.04. The Morgan fingerprint density at radius 1 is 1.57 bits per heavy atom. The van der Waals surface area contributed by atoms with Crippen molar-refractivity contribution in [3.05, 3.63) is 46.5 Å². The Balaban J connectivity index is 2.39. The molecule has 10 heteroatoms. The van der Waals surface area contributed by atoms with Gasteiger partial charge in [-0.25, -0.2) is 9.78 Å². The number of aryl methyl sites for hydroxylation is 1. The molecule has 0 atom stereocenters. The first-order chi connectivity index (χ1) is 10.0. The van der Waals surface area contributed by atoms with E-state index in [0.717, 1.165) is 15.6 Å². The van der Waals surface area contributed by atoms with Gasteiger partial charge in [-0.2, -0.15) is 13.8 Å². The smallest absolute Gasteiger partial charge is 0.368 e. The van der Waals surface area contributed by atoms with Crippen molar-refractivity contribution in [3.8, 4) is 5.69 Å². The number of rotatable bonds is 4. The largest absolute Gasteiger partial charge is 0.473 e. The molecule has 0 aliphatic heterocycles. The van der Waals surface area contributed by atoms with Crippen LogP contribution in [-0.4, -0.2) is 30.7 Å². The third kappa shape index (κ3) is 2.94. The number of pyridine rings is 1. The Labute approximate surface area is 118 Å². The summed E-state index contributed by atoms with van der Waals surface area (Å²) in [5.74, 6) is -1.08. The second kappa shape index (κ2) is 5.94. The van der Waals surface area contributed by atoms with Gasteiger partial charge in [-0.3, -0.25) is 5.41 Å². The van der Waals surface area contributed by atoms with Crippen molar-refractivity contribution in [2.24, 2.45) is 12.8 Å². The Morgan fingerprint density at radius 2 is 2.33 bits per heavy atom. The van der Waals surface area contributed by atoms with Gasteiger partial charge in [-0.15, -0.1) is 0 Å². The van der Waals surface area contributed by atoms with Gasteiger partial charge in [0, 0.05) is 19.3 Å². The van der Waals surface area contributed by atoms with Gasteiger partial charge in [0.05, 0.1) is 11.3 Å². The topological polar surface area (TPSA) is 125 Å². The second-order valence-electron chi connectivity index (χ2n) is 3.91. The highest BCUT2D eigenvalue weighted by molar-refractivity contribution is 5.84. The summed E-state index contributed by atoms with van der Waals surface area (Å²) in [5.41, 5.74) is 4.70. The monoisotopic (exact) mass is 293 g/mol. The summed E-state index contributed by atoms with van der Waals surface area (Å²) in [4.78, 5) is 15.3. The lowest BCUT2D eigenvalue weighted by molar-refractivity contribution is 0.284. The van der Waals surface area contributed by atoms with E-state index in [1.165, 1.54) is 25.4 Å². The van der Waals surface area contributed by atoms with E-state index in [2.05, 4.69) is 15.4 Å². The lowest BCUT2D eigenvalue weighted by Crippen LogP contribution is -2.23. The molecule has 0 fully saturated rings. The van der Waals surface area contributed by atoms with Gasteiger partial charge >= 0.3 is 5.69 Å². The molecule has 110 valence electrons. The summed E-state index contributed by atoms with van der Waals surface area (Å²) in [7, 11) is 1.42. The van der Waals surface area contributed by atoms with Crippen LogP contribution in [0.2, 0.25) is 0 Å². The summed E-state index contributed by atoms with van der Waals surface area (Å²) in [6.45, 7) is -0.304. The Morgan fingerprint density at radius 3 is 2.95 bits per heavy atom. The van der Waals surface area contributed by atoms with Crippen molar-refractivity contribution < 1.29 is 9.13 Å². The second-order valence-corrected chi connectivity index (χ2v) is 3.91. The van der Waals surface area contributed by atoms with Crippen molar-refractivity contribution in [1.29, 1.82) is 5.41 Å². The van der Waals surface area contributed by atoms with Gasteiger partial charge in [0.1, 0.15) is 6.61 Å². The maximum absolute atomic E-state index is 13.8. The van der Waals surface area contributed by atoms with Gasteiger partial charge < -0.3 is 10.5 Å². The number of nitrogens with two attached hydrogens (primary N) is 1. The lowest BCUT2D eigenvalue weighted by Gasteiger charge is -2.09. The third-order valence-electron chi connectivity index (χ3n) is 2.55. The van der Waals surface area contributed by atoms with E-state index in [-0.39, 0.29) is 23.8 Å². The number of tetrazole rings is 1. The number of hydrogen-bond donors (Lipinski definition) is 2. The molecule has 21 heavy (non-hydrogen) atoms. The number of aromatic nitrogens is 5. The number of halogens is 1. The van der Waals surface area contributed by atoms with E-state index in [4.69, 9.17) is 15.9 Å². The molecule has 0 saturated carbocycles. The van der Waals surface area contributed by atoms with Crippen molar-refractivity contribution in [2.45, 2.75) is 6.61 Å². The number of hydrogen-bond acceptors (Lipinski definition) is 7. The molecule has 0 unspecified atom stereocenters. The van der Waals surface area contributed by atoms with Crippen molar-refractivity contribution in [2.75, 3.05) is 0 Å². The van der Waals surface area contributed by atoms with Crippen LogP contribution in [0.5, 0.6) is 0 Å². The van der Waals surface area contributed by atoms with Crippen LogP contribution in [0.25, 0.3) is 5.69 Å². The Bertz CT molecular complexity index is 749. The fourth-order valence-electron chi connectivity index (χ4n) is 1.54. The van der Waals surface area contributed by atoms with Crippen LogP contribution < -0.4 is 11.4 Å². The van der Waals surface area contributed by atoms with Crippen LogP contribution in [0, 0.1) is 11.4 Å². The minimum Gasteiger partial charge on any atom is -0.473 e. The van der Waals surface area contributed by atoms with Gasteiger partial charge in [0.25, 0.3) is 0 Å². The fourth-order valence-corrected chi connectivity index (χ4v) is 1.54. The normalized spacial score (nSPS) is 11.0. The molecule has 0 amide bonds. The molecular weight excluding hydrogens is 281 g/mol. The molecule has 2 rings (SSSR count).